The average Bonchev–Trinajstić information content (AvgIpc) is 2.40. The third kappa shape index (κ3) is 2.79. The van der Waals surface area contributed by atoms with Gasteiger partial charge in [0.05, 0.1) is 0 Å². The van der Waals surface area contributed by atoms with Gasteiger partial charge in [-0.2, -0.15) is 0 Å². The van der Waals surface area contributed by atoms with Crippen LogP contribution in [0.3, 0.4) is 0 Å². The van der Waals surface area contributed by atoms with E-state index in [0.29, 0.717) is 6.54 Å². The number of pyridine rings is 2. The van der Waals surface area contributed by atoms with Gasteiger partial charge in [-0.3, -0.25) is 9.97 Å². The first-order valence-corrected chi connectivity index (χ1v) is 5.54. The van der Waals surface area contributed by atoms with Crippen LogP contribution in [0.1, 0.15) is 11.1 Å². The molecule has 0 saturated carbocycles. The van der Waals surface area contributed by atoms with E-state index >= 15 is 0 Å². The summed E-state index contributed by atoms with van der Waals surface area (Å²) in [5.74, 6) is 0. The largest absolute Gasteiger partial charge is 0.370 e. The van der Waals surface area contributed by atoms with Gasteiger partial charge in [0.15, 0.2) is 0 Å². The average molecular weight is 228 g/mol. The van der Waals surface area contributed by atoms with E-state index in [-0.39, 0.29) is 0 Å². The van der Waals surface area contributed by atoms with Crippen molar-refractivity contribution in [3.05, 3.63) is 54.1 Å². The first-order chi connectivity index (χ1) is 8.31. The van der Waals surface area contributed by atoms with Gasteiger partial charge in [0.1, 0.15) is 0 Å². The number of anilines is 1. The number of hydrogen-bond acceptors (Lipinski definition) is 4. The van der Waals surface area contributed by atoms with Crippen LogP contribution >= 0.6 is 0 Å². The molecule has 2 N–H and O–H groups in total. The maximum atomic E-state index is 5.71. The Kier molecular flexibility index (Phi) is 3.67. The minimum absolute atomic E-state index is 0.504. The van der Waals surface area contributed by atoms with Crippen molar-refractivity contribution in [1.29, 1.82) is 0 Å². The molecule has 0 atom stereocenters. The Morgan fingerprint density at radius 3 is 2.53 bits per heavy atom. The van der Waals surface area contributed by atoms with Crippen LogP contribution in [0.15, 0.2) is 43.0 Å². The lowest BCUT2D eigenvalue weighted by Gasteiger charge is -2.21. The fourth-order valence-electron chi connectivity index (χ4n) is 1.80. The number of rotatable bonds is 4. The smallest absolute Gasteiger partial charge is 0.0443 e. The summed E-state index contributed by atoms with van der Waals surface area (Å²) in [5, 5.41) is 0. The Bertz CT molecular complexity index is 470. The fourth-order valence-corrected chi connectivity index (χ4v) is 1.80. The quantitative estimate of drug-likeness (QED) is 0.863. The molecule has 0 unspecified atom stereocenters. The zero-order chi connectivity index (χ0) is 12.1. The first kappa shape index (κ1) is 11.5. The molecule has 2 heterocycles. The molecule has 0 radical (unpaired) electrons. The Balaban J connectivity index is 2.17. The molecule has 0 amide bonds. The van der Waals surface area contributed by atoms with Gasteiger partial charge in [-0.1, -0.05) is 0 Å². The van der Waals surface area contributed by atoms with Crippen molar-refractivity contribution >= 4 is 5.69 Å². The van der Waals surface area contributed by atoms with Crippen molar-refractivity contribution in [2.24, 2.45) is 5.73 Å². The van der Waals surface area contributed by atoms with Crippen molar-refractivity contribution < 1.29 is 0 Å². The Hall–Kier alpha value is -1.94. The highest BCUT2D eigenvalue weighted by Gasteiger charge is 2.06. The Morgan fingerprint density at radius 1 is 1.12 bits per heavy atom. The van der Waals surface area contributed by atoms with E-state index in [1.807, 2.05) is 24.4 Å². The van der Waals surface area contributed by atoms with E-state index in [1.54, 1.807) is 18.6 Å². The van der Waals surface area contributed by atoms with Gasteiger partial charge in [-0.05, 0) is 23.8 Å². The first-order valence-electron chi connectivity index (χ1n) is 5.54. The lowest BCUT2D eigenvalue weighted by molar-refractivity contribution is 0.896. The SMILES string of the molecule is CN(Cc1ccncc1)c1ccncc1CN. The lowest BCUT2D eigenvalue weighted by atomic mass is 10.2. The molecule has 4 nitrogen and oxygen atoms in total. The van der Waals surface area contributed by atoms with Crippen molar-refractivity contribution in [3.8, 4) is 0 Å². The van der Waals surface area contributed by atoms with E-state index in [2.05, 4.69) is 21.9 Å². The molecule has 0 aliphatic heterocycles. The molecule has 17 heavy (non-hydrogen) atoms. The Morgan fingerprint density at radius 2 is 1.82 bits per heavy atom. The minimum Gasteiger partial charge on any atom is -0.370 e. The zero-order valence-electron chi connectivity index (χ0n) is 9.87. The van der Waals surface area contributed by atoms with Gasteiger partial charge >= 0.3 is 0 Å². The highest BCUT2D eigenvalue weighted by Crippen LogP contribution is 2.19. The molecule has 0 aromatic carbocycles. The minimum atomic E-state index is 0.504. The second-order valence-corrected chi connectivity index (χ2v) is 3.92. The maximum absolute atomic E-state index is 5.71. The maximum Gasteiger partial charge on any atom is 0.0443 e. The van der Waals surface area contributed by atoms with Crippen LogP contribution in [0.25, 0.3) is 0 Å². The summed E-state index contributed by atoms with van der Waals surface area (Å²) in [6, 6.07) is 6.02. The van der Waals surface area contributed by atoms with Crippen LogP contribution in [-0.2, 0) is 13.1 Å². The molecule has 0 fully saturated rings. The number of nitrogens with two attached hydrogens (primary N) is 1. The van der Waals surface area contributed by atoms with Gasteiger partial charge in [0.2, 0.25) is 0 Å². The highest BCUT2D eigenvalue weighted by atomic mass is 15.1. The molecule has 0 aliphatic rings. The summed E-state index contributed by atoms with van der Waals surface area (Å²) in [6.07, 6.45) is 7.22. The summed E-state index contributed by atoms with van der Waals surface area (Å²) in [4.78, 5) is 10.3. The summed E-state index contributed by atoms with van der Waals surface area (Å²) < 4.78 is 0. The standard InChI is InChI=1S/C13H16N4/c1-17(10-11-2-5-15-6-3-11)13-4-7-16-9-12(13)8-14/h2-7,9H,8,10,14H2,1H3. The van der Waals surface area contributed by atoms with Crippen molar-refractivity contribution in [3.63, 3.8) is 0 Å². The van der Waals surface area contributed by atoms with E-state index < -0.39 is 0 Å². The Labute approximate surface area is 101 Å². The summed E-state index contributed by atoms with van der Waals surface area (Å²) in [5.41, 5.74) is 9.11. The topological polar surface area (TPSA) is 55.0 Å². The van der Waals surface area contributed by atoms with E-state index in [1.165, 1.54) is 5.56 Å². The number of hydrogen-bond donors (Lipinski definition) is 1. The van der Waals surface area contributed by atoms with Crippen molar-refractivity contribution in [2.45, 2.75) is 13.1 Å². The van der Waals surface area contributed by atoms with Gasteiger partial charge in [-0.25, -0.2) is 0 Å². The van der Waals surface area contributed by atoms with Crippen LogP contribution < -0.4 is 10.6 Å². The highest BCUT2D eigenvalue weighted by molar-refractivity contribution is 5.51. The zero-order valence-corrected chi connectivity index (χ0v) is 9.87. The normalized spacial score (nSPS) is 10.2. The lowest BCUT2D eigenvalue weighted by Crippen LogP contribution is -2.19. The van der Waals surface area contributed by atoms with Gasteiger partial charge in [0.25, 0.3) is 0 Å². The monoisotopic (exact) mass is 228 g/mol. The second kappa shape index (κ2) is 5.41. The molecule has 0 saturated heterocycles. The third-order valence-electron chi connectivity index (χ3n) is 2.68. The summed E-state index contributed by atoms with van der Waals surface area (Å²) in [6.45, 7) is 1.34. The van der Waals surface area contributed by atoms with Crippen LogP contribution in [-0.4, -0.2) is 17.0 Å². The summed E-state index contributed by atoms with van der Waals surface area (Å²) in [7, 11) is 2.05. The predicted octanol–water partition coefficient (Wildman–Crippen LogP) is 1.57. The van der Waals surface area contributed by atoms with Crippen LogP contribution in [0.4, 0.5) is 5.69 Å². The number of aromatic nitrogens is 2. The fraction of sp³-hybridized carbons (Fsp3) is 0.231. The van der Waals surface area contributed by atoms with Gasteiger partial charge in [0, 0.05) is 56.2 Å². The second-order valence-electron chi connectivity index (χ2n) is 3.92. The van der Waals surface area contributed by atoms with Crippen LogP contribution in [0.5, 0.6) is 0 Å². The van der Waals surface area contributed by atoms with E-state index in [0.717, 1.165) is 17.8 Å². The summed E-state index contributed by atoms with van der Waals surface area (Å²) >= 11 is 0. The molecule has 0 bridgehead atoms. The number of nitrogens with zero attached hydrogens (tertiary/aromatic N) is 3. The van der Waals surface area contributed by atoms with E-state index in [4.69, 9.17) is 5.73 Å². The molecule has 2 aromatic rings. The molecule has 2 rings (SSSR count). The van der Waals surface area contributed by atoms with Crippen molar-refractivity contribution in [2.75, 3.05) is 11.9 Å². The van der Waals surface area contributed by atoms with Crippen LogP contribution in [0.2, 0.25) is 0 Å². The molecular weight excluding hydrogens is 212 g/mol. The van der Waals surface area contributed by atoms with Crippen LogP contribution in [0, 0.1) is 0 Å². The molecule has 0 spiro atoms. The van der Waals surface area contributed by atoms with Gasteiger partial charge in [-0.15, -0.1) is 0 Å². The molecule has 2 aromatic heterocycles. The molecule has 88 valence electrons. The predicted molar refractivity (Wildman–Crippen MR) is 68.5 cm³/mol. The third-order valence-corrected chi connectivity index (χ3v) is 2.68. The van der Waals surface area contributed by atoms with Crippen molar-refractivity contribution in [1.82, 2.24) is 9.97 Å². The molecular formula is C13H16N4. The molecule has 0 aliphatic carbocycles. The molecule has 4 heteroatoms. The van der Waals surface area contributed by atoms with Gasteiger partial charge < -0.3 is 10.6 Å². The van der Waals surface area contributed by atoms with E-state index in [9.17, 15) is 0 Å².